The van der Waals surface area contributed by atoms with Crippen LogP contribution in [0.2, 0.25) is 0 Å². The van der Waals surface area contributed by atoms with Crippen molar-refractivity contribution in [2.45, 2.75) is 18.1 Å². The summed E-state index contributed by atoms with van der Waals surface area (Å²) < 4.78 is 26.1. The van der Waals surface area contributed by atoms with Crippen molar-refractivity contribution in [2.24, 2.45) is 5.92 Å². The van der Waals surface area contributed by atoms with Crippen LogP contribution in [0, 0.1) is 5.92 Å². The van der Waals surface area contributed by atoms with Gasteiger partial charge in [-0.05, 0) is 18.8 Å². The Morgan fingerprint density at radius 1 is 1.58 bits per heavy atom. The Hall–Kier alpha value is -0.290. The Balaban J connectivity index is 2.81. The highest BCUT2D eigenvalue weighted by Crippen LogP contribution is 2.37. The molecule has 0 aromatic rings. The van der Waals surface area contributed by atoms with Gasteiger partial charge in [-0.2, -0.15) is 0 Å². The van der Waals surface area contributed by atoms with E-state index in [1.807, 2.05) is 0 Å². The molecule has 70 valence electrons. The summed E-state index contributed by atoms with van der Waals surface area (Å²) in [7, 11) is 2.42. The molecule has 0 radical (unpaired) electrons. The van der Waals surface area contributed by atoms with Gasteiger partial charge in [-0.25, -0.2) is 8.42 Å². The molecule has 0 N–H and O–H groups in total. The van der Waals surface area contributed by atoms with Gasteiger partial charge in [-0.3, -0.25) is 4.79 Å². The van der Waals surface area contributed by atoms with Gasteiger partial charge in [0.2, 0.25) is 9.05 Å². The maximum Gasteiger partial charge on any atom is 0.325 e. The van der Waals surface area contributed by atoms with Gasteiger partial charge in [-0.1, -0.05) is 0 Å². The van der Waals surface area contributed by atoms with E-state index in [0.717, 1.165) is 20.0 Å². The third kappa shape index (κ3) is 2.10. The van der Waals surface area contributed by atoms with Crippen molar-refractivity contribution < 1.29 is 17.9 Å². The Kier molecular flexibility index (Phi) is 2.63. The smallest absolute Gasteiger partial charge is 0.325 e. The van der Waals surface area contributed by atoms with Crippen molar-refractivity contribution in [1.82, 2.24) is 0 Å². The third-order valence-electron chi connectivity index (χ3n) is 1.79. The van der Waals surface area contributed by atoms with Crippen LogP contribution in [0.3, 0.4) is 0 Å². The molecule has 1 rings (SSSR count). The van der Waals surface area contributed by atoms with Gasteiger partial charge in [0.1, 0.15) is 0 Å². The van der Waals surface area contributed by atoms with Gasteiger partial charge in [0.05, 0.1) is 7.11 Å². The van der Waals surface area contributed by atoms with Crippen molar-refractivity contribution in [3.63, 3.8) is 0 Å². The molecule has 12 heavy (non-hydrogen) atoms. The van der Waals surface area contributed by atoms with E-state index in [1.165, 1.54) is 0 Å². The average molecular weight is 213 g/mol. The monoisotopic (exact) mass is 212 g/mol. The number of hydrogen-bond acceptors (Lipinski definition) is 4. The van der Waals surface area contributed by atoms with Gasteiger partial charge in [-0.15, -0.1) is 0 Å². The molecule has 1 unspecified atom stereocenters. The number of esters is 1. The number of methoxy groups -OCH3 is 1. The first-order valence-corrected chi connectivity index (χ1v) is 5.85. The van der Waals surface area contributed by atoms with Gasteiger partial charge >= 0.3 is 5.97 Å². The van der Waals surface area contributed by atoms with E-state index >= 15 is 0 Å². The lowest BCUT2D eigenvalue weighted by molar-refractivity contribution is -0.140. The van der Waals surface area contributed by atoms with Crippen LogP contribution in [-0.2, 0) is 18.6 Å². The topological polar surface area (TPSA) is 60.4 Å². The number of carbonyl (C=O) groups excluding carboxylic acids is 1. The van der Waals surface area contributed by atoms with Crippen LogP contribution in [0.4, 0.5) is 0 Å². The summed E-state index contributed by atoms with van der Waals surface area (Å²) in [5.74, 6) is -0.896. The number of halogens is 1. The molecule has 1 saturated carbocycles. The fraction of sp³-hybridized carbons (Fsp3) is 0.833. The minimum absolute atomic E-state index is 0.139. The Morgan fingerprint density at radius 3 is 2.33 bits per heavy atom. The second-order valence-corrected chi connectivity index (χ2v) is 5.51. The Bertz CT molecular complexity index is 280. The summed E-state index contributed by atoms with van der Waals surface area (Å²) in [4.78, 5) is 11.0. The third-order valence-corrected chi connectivity index (χ3v) is 3.55. The molecule has 0 bridgehead atoms. The molecule has 0 saturated heterocycles. The summed E-state index contributed by atoms with van der Waals surface area (Å²) in [6, 6.07) is 0. The Labute approximate surface area is 75.3 Å². The predicted octanol–water partition coefficient (Wildman–Crippen LogP) is 0.507. The predicted molar refractivity (Wildman–Crippen MR) is 43.3 cm³/mol. The highest BCUT2D eigenvalue weighted by atomic mass is 35.7. The van der Waals surface area contributed by atoms with Crippen LogP contribution in [0.5, 0.6) is 0 Å². The van der Waals surface area contributed by atoms with E-state index in [9.17, 15) is 13.2 Å². The van der Waals surface area contributed by atoms with Crippen molar-refractivity contribution in [2.75, 3.05) is 7.11 Å². The lowest BCUT2D eigenvalue weighted by atomic mass is 10.3. The lowest BCUT2D eigenvalue weighted by Gasteiger charge is -2.08. The minimum atomic E-state index is -3.82. The highest BCUT2D eigenvalue weighted by molar-refractivity contribution is 8.14. The molecule has 0 aromatic heterocycles. The zero-order valence-electron chi connectivity index (χ0n) is 6.49. The first-order valence-electron chi connectivity index (χ1n) is 3.48. The Morgan fingerprint density at radius 2 is 2.08 bits per heavy atom. The zero-order chi connectivity index (χ0) is 9.35. The average Bonchev–Trinajstić information content (AvgIpc) is 2.68. The second kappa shape index (κ2) is 3.22. The zero-order valence-corrected chi connectivity index (χ0v) is 8.06. The largest absolute Gasteiger partial charge is 0.468 e. The molecule has 0 heterocycles. The molecule has 6 heteroatoms. The number of ether oxygens (including phenoxy) is 1. The molecular weight excluding hydrogens is 204 g/mol. The maximum atomic E-state index is 11.0. The summed E-state index contributed by atoms with van der Waals surface area (Å²) >= 11 is 0. The highest BCUT2D eigenvalue weighted by Gasteiger charge is 2.45. The quantitative estimate of drug-likeness (QED) is 0.505. The van der Waals surface area contributed by atoms with Crippen LogP contribution >= 0.6 is 10.7 Å². The number of hydrogen-bond donors (Lipinski definition) is 0. The summed E-state index contributed by atoms with van der Waals surface area (Å²) in [5, 5.41) is -1.16. The van der Waals surface area contributed by atoms with E-state index in [0.29, 0.717) is 0 Å². The number of rotatable bonds is 3. The van der Waals surface area contributed by atoms with Gasteiger partial charge < -0.3 is 4.74 Å². The molecule has 0 spiro atoms. The molecular formula is C6H9ClO4S. The number of carbonyl (C=O) groups is 1. The first-order chi connectivity index (χ1) is 5.46. The summed E-state index contributed by atoms with van der Waals surface area (Å²) in [6.07, 6.45) is 1.46. The van der Waals surface area contributed by atoms with Crippen molar-refractivity contribution in [1.29, 1.82) is 0 Å². The first kappa shape index (κ1) is 9.80. The van der Waals surface area contributed by atoms with Crippen molar-refractivity contribution >= 4 is 25.7 Å². The lowest BCUT2D eigenvalue weighted by Crippen LogP contribution is -2.30. The molecule has 1 aliphatic carbocycles. The summed E-state index contributed by atoms with van der Waals surface area (Å²) in [6.45, 7) is 0. The minimum Gasteiger partial charge on any atom is -0.468 e. The van der Waals surface area contributed by atoms with Crippen molar-refractivity contribution in [3.05, 3.63) is 0 Å². The van der Waals surface area contributed by atoms with E-state index in [1.54, 1.807) is 0 Å². The van der Waals surface area contributed by atoms with Gasteiger partial charge in [0.25, 0.3) is 0 Å². The van der Waals surface area contributed by atoms with Crippen molar-refractivity contribution in [3.8, 4) is 0 Å². The maximum absolute atomic E-state index is 11.0. The van der Waals surface area contributed by atoms with E-state index < -0.39 is 20.3 Å². The molecule has 0 aliphatic heterocycles. The van der Waals surface area contributed by atoms with Crippen LogP contribution in [0.15, 0.2) is 0 Å². The molecule has 0 amide bonds. The van der Waals surface area contributed by atoms with Crippen LogP contribution < -0.4 is 0 Å². The summed E-state index contributed by atoms with van der Waals surface area (Å²) in [5.41, 5.74) is 0. The van der Waals surface area contributed by atoms with E-state index in [-0.39, 0.29) is 5.92 Å². The fourth-order valence-corrected chi connectivity index (χ4v) is 2.77. The molecule has 4 nitrogen and oxygen atoms in total. The van der Waals surface area contributed by atoms with Crippen LogP contribution in [0.25, 0.3) is 0 Å². The van der Waals surface area contributed by atoms with Gasteiger partial charge in [0.15, 0.2) is 5.25 Å². The molecule has 1 atom stereocenters. The van der Waals surface area contributed by atoms with Crippen LogP contribution in [-0.4, -0.2) is 26.7 Å². The normalized spacial score (nSPS) is 20.2. The molecule has 1 aliphatic rings. The standard InChI is InChI=1S/C6H9ClO4S/c1-11-6(8)5(4-2-3-4)12(7,9)10/h4-5H,2-3H2,1H3. The molecule has 1 fully saturated rings. The SMILES string of the molecule is COC(=O)C(C1CC1)S(=O)(=O)Cl. The fourth-order valence-electron chi connectivity index (χ4n) is 1.05. The van der Waals surface area contributed by atoms with E-state index in [4.69, 9.17) is 10.7 Å². The van der Waals surface area contributed by atoms with Crippen LogP contribution in [0.1, 0.15) is 12.8 Å². The molecule has 0 aromatic carbocycles. The second-order valence-electron chi connectivity index (χ2n) is 2.76. The van der Waals surface area contributed by atoms with E-state index in [2.05, 4.69) is 4.74 Å². The van der Waals surface area contributed by atoms with Gasteiger partial charge in [0, 0.05) is 10.7 Å².